The van der Waals surface area contributed by atoms with E-state index in [0.717, 1.165) is 29.9 Å². The minimum atomic E-state index is -0.118. The zero-order valence-electron chi connectivity index (χ0n) is 12.8. The van der Waals surface area contributed by atoms with Gasteiger partial charge >= 0.3 is 0 Å². The Balaban J connectivity index is 1.73. The summed E-state index contributed by atoms with van der Waals surface area (Å²) in [5.74, 6) is 1.14. The molecule has 1 saturated carbocycles. The van der Waals surface area contributed by atoms with Crippen molar-refractivity contribution in [3.05, 3.63) is 46.9 Å². The molecule has 1 atom stereocenters. The van der Waals surface area contributed by atoms with Gasteiger partial charge in [0.1, 0.15) is 11.0 Å². The maximum atomic E-state index is 13.1. The summed E-state index contributed by atoms with van der Waals surface area (Å²) in [6.45, 7) is 2.60. The zero-order valence-corrected chi connectivity index (χ0v) is 13.5. The number of carbonyl (C=O) groups excluding carboxylic acids is 1. The second kappa shape index (κ2) is 5.49. The molecule has 2 aromatic heterocycles. The predicted molar refractivity (Wildman–Crippen MR) is 90.2 cm³/mol. The molecule has 2 aliphatic rings. The highest BCUT2D eigenvalue weighted by atomic mass is 35.5. The van der Waals surface area contributed by atoms with Crippen LogP contribution >= 0.6 is 11.6 Å². The lowest BCUT2D eigenvalue weighted by Crippen LogP contribution is -2.44. The van der Waals surface area contributed by atoms with E-state index in [2.05, 4.69) is 15.3 Å². The van der Waals surface area contributed by atoms with E-state index in [1.54, 1.807) is 17.3 Å². The molecular weight excluding hydrogens is 312 g/mol. The average molecular weight is 329 g/mol. The van der Waals surface area contributed by atoms with Gasteiger partial charge in [-0.15, -0.1) is 0 Å². The number of hydrogen-bond donors (Lipinski definition) is 1. The van der Waals surface area contributed by atoms with Crippen molar-refractivity contribution in [1.82, 2.24) is 9.97 Å². The first kappa shape index (κ1) is 14.5. The maximum Gasteiger partial charge on any atom is 0.261 e. The third-order valence-corrected chi connectivity index (χ3v) is 4.60. The predicted octanol–water partition coefficient (Wildman–Crippen LogP) is 3.47. The van der Waals surface area contributed by atoms with Crippen LogP contribution in [0.1, 0.15) is 41.6 Å². The van der Waals surface area contributed by atoms with Gasteiger partial charge in [-0.2, -0.15) is 0 Å². The fourth-order valence-corrected chi connectivity index (χ4v) is 3.15. The third-order valence-electron chi connectivity index (χ3n) is 4.30. The van der Waals surface area contributed by atoms with Crippen molar-refractivity contribution in [2.75, 3.05) is 16.8 Å². The molecule has 0 aromatic carbocycles. The number of halogens is 1. The number of pyridine rings is 2. The largest absolute Gasteiger partial charge is 0.364 e. The molecule has 5 nitrogen and oxygen atoms in total. The van der Waals surface area contributed by atoms with Gasteiger partial charge in [0.2, 0.25) is 0 Å². The van der Waals surface area contributed by atoms with Gasteiger partial charge in [-0.05, 0) is 49.4 Å². The second-order valence-electron chi connectivity index (χ2n) is 6.21. The van der Waals surface area contributed by atoms with Crippen LogP contribution < -0.4 is 10.2 Å². The smallest absolute Gasteiger partial charge is 0.261 e. The summed E-state index contributed by atoms with van der Waals surface area (Å²) in [5, 5.41) is 3.56. The zero-order chi connectivity index (χ0) is 16.0. The van der Waals surface area contributed by atoms with Gasteiger partial charge in [0.15, 0.2) is 0 Å². The number of fused-ring (bicyclic) bond motifs is 1. The van der Waals surface area contributed by atoms with Crippen molar-refractivity contribution in [2.45, 2.75) is 31.7 Å². The monoisotopic (exact) mass is 328 g/mol. The lowest BCUT2D eigenvalue weighted by Gasteiger charge is -2.33. The van der Waals surface area contributed by atoms with Gasteiger partial charge in [-0.1, -0.05) is 11.6 Å². The van der Waals surface area contributed by atoms with E-state index >= 15 is 0 Å². The standard InChI is InChI=1S/C17H17ClN4O/c1-10-9-22(14-3-2-6-19-16(14)21-10)17(23)13-7-12(11-4-5-11)8-20-15(13)18/h2-3,6-8,10-11H,4-5,9H2,1H3,(H,19,21). The Bertz CT molecular complexity index is 775. The van der Waals surface area contributed by atoms with Crippen molar-refractivity contribution in [1.29, 1.82) is 0 Å². The van der Waals surface area contributed by atoms with Crippen molar-refractivity contribution in [3.63, 3.8) is 0 Å². The minimum absolute atomic E-state index is 0.118. The lowest BCUT2D eigenvalue weighted by molar-refractivity contribution is 0.0985. The van der Waals surface area contributed by atoms with Crippen LogP contribution in [0.2, 0.25) is 5.15 Å². The van der Waals surface area contributed by atoms with Crippen LogP contribution in [0.15, 0.2) is 30.6 Å². The van der Waals surface area contributed by atoms with Crippen LogP contribution in [0.3, 0.4) is 0 Å². The molecule has 0 bridgehead atoms. The molecule has 118 valence electrons. The van der Waals surface area contributed by atoms with Crippen LogP contribution in [0.4, 0.5) is 11.5 Å². The summed E-state index contributed by atoms with van der Waals surface area (Å²) in [7, 11) is 0. The molecule has 1 N–H and O–H groups in total. The third kappa shape index (κ3) is 2.65. The van der Waals surface area contributed by atoms with E-state index < -0.39 is 0 Å². The number of nitrogens with one attached hydrogen (secondary N) is 1. The highest BCUT2D eigenvalue weighted by Crippen LogP contribution is 2.41. The van der Waals surface area contributed by atoms with Crippen molar-refractivity contribution < 1.29 is 4.79 Å². The molecule has 1 amide bonds. The Morgan fingerprint density at radius 3 is 3.00 bits per heavy atom. The molecule has 0 spiro atoms. The molecule has 1 aliphatic heterocycles. The molecule has 6 heteroatoms. The molecule has 23 heavy (non-hydrogen) atoms. The summed E-state index contributed by atoms with van der Waals surface area (Å²) < 4.78 is 0. The molecule has 0 radical (unpaired) electrons. The van der Waals surface area contributed by atoms with Gasteiger partial charge in [-0.25, -0.2) is 9.97 Å². The Hall–Kier alpha value is -2.14. The number of anilines is 2. The van der Waals surface area contributed by atoms with E-state index in [1.807, 2.05) is 25.1 Å². The van der Waals surface area contributed by atoms with Crippen molar-refractivity contribution >= 4 is 29.0 Å². The summed E-state index contributed by atoms with van der Waals surface area (Å²) in [5.41, 5.74) is 2.36. The van der Waals surface area contributed by atoms with Crippen molar-refractivity contribution in [3.8, 4) is 0 Å². The fourth-order valence-electron chi connectivity index (χ4n) is 2.97. The number of amides is 1. The Morgan fingerprint density at radius 2 is 2.22 bits per heavy atom. The first-order valence-corrected chi connectivity index (χ1v) is 8.20. The first-order chi connectivity index (χ1) is 11.1. The number of nitrogens with zero attached hydrogens (tertiary/aromatic N) is 3. The normalized spacial score (nSPS) is 19.9. The topological polar surface area (TPSA) is 58.1 Å². The van der Waals surface area contributed by atoms with E-state index in [1.165, 1.54) is 0 Å². The minimum Gasteiger partial charge on any atom is -0.364 e. The highest BCUT2D eigenvalue weighted by Gasteiger charge is 2.31. The van der Waals surface area contributed by atoms with Crippen LogP contribution in [-0.4, -0.2) is 28.5 Å². The van der Waals surface area contributed by atoms with Crippen LogP contribution in [-0.2, 0) is 0 Å². The van der Waals surface area contributed by atoms with E-state index in [0.29, 0.717) is 18.0 Å². The molecule has 1 unspecified atom stereocenters. The number of carbonyl (C=O) groups is 1. The molecule has 1 fully saturated rings. The second-order valence-corrected chi connectivity index (χ2v) is 6.57. The van der Waals surface area contributed by atoms with Gasteiger partial charge < -0.3 is 10.2 Å². The lowest BCUT2D eigenvalue weighted by atomic mass is 10.1. The van der Waals surface area contributed by atoms with Crippen LogP contribution in [0.25, 0.3) is 0 Å². The highest BCUT2D eigenvalue weighted by molar-refractivity contribution is 6.33. The molecule has 4 rings (SSSR count). The number of rotatable bonds is 2. The van der Waals surface area contributed by atoms with Gasteiger partial charge in [-0.3, -0.25) is 4.79 Å². The Morgan fingerprint density at radius 1 is 1.39 bits per heavy atom. The molecule has 2 aromatic rings. The average Bonchev–Trinajstić information content (AvgIpc) is 3.39. The number of aromatic nitrogens is 2. The quantitative estimate of drug-likeness (QED) is 0.858. The summed E-state index contributed by atoms with van der Waals surface area (Å²) in [6.07, 6.45) is 5.82. The molecule has 3 heterocycles. The fraction of sp³-hybridized carbons (Fsp3) is 0.353. The van der Waals surface area contributed by atoms with Gasteiger partial charge in [0.25, 0.3) is 5.91 Å². The van der Waals surface area contributed by atoms with Gasteiger partial charge in [0.05, 0.1) is 11.3 Å². The van der Waals surface area contributed by atoms with Crippen molar-refractivity contribution in [2.24, 2.45) is 0 Å². The number of hydrogen-bond acceptors (Lipinski definition) is 4. The maximum absolute atomic E-state index is 13.1. The van der Waals surface area contributed by atoms with Gasteiger partial charge in [0, 0.05) is 25.0 Å². The van der Waals surface area contributed by atoms with E-state index in [4.69, 9.17) is 11.6 Å². The van der Waals surface area contributed by atoms with Crippen LogP contribution in [0, 0.1) is 0 Å². The SMILES string of the molecule is CC1CN(C(=O)c2cc(C3CC3)cnc2Cl)c2cccnc2N1. The molecule has 1 aliphatic carbocycles. The summed E-state index contributed by atoms with van der Waals surface area (Å²) >= 11 is 6.21. The van der Waals surface area contributed by atoms with E-state index in [-0.39, 0.29) is 17.1 Å². The summed E-state index contributed by atoms with van der Waals surface area (Å²) in [6, 6.07) is 5.75. The summed E-state index contributed by atoms with van der Waals surface area (Å²) in [4.78, 5) is 23.3. The van der Waals surface area contributed by atoms with E-state index in [9.17, 15) is 4.79 Å². The Kier molecular flexibility index (Phi) is 3.45. The molecular formula is C17H17ClN4O. The Labute approximate surface area is 139 Å². The first-order valence-electron chi connectivity index (χ1n) is 7.82. The molecule has 0 saturated heterocycles. The van der Waals surface area contributed by atoms with Crippen LogP contribution in [0.5, 0.6) is 0 Å².